The Labute approximate surface area is 105 Å². The van der Waals surface area contributed by atoms with Gasteiger partial charge < -0.3 is 9.11 Å². The Morgan fingerprint density at radius 2 is 1.38 bits per heavy atom. The molecule has 0 aliphatic carbocycles. The molecule has 0 aromatic rings. The quantitative estimate of drug-likeness (QED) is 0.187. The SMILES string of the molecule is CSOONOOSC.O=S([O-])NS(=O)[O-]. The van der Waals surface area contributed by atoms with Gasteiger partial charge >= 0.3 is 0 Å². The molecule has 0 saturated heterocycles. The average Bonchev–Trinajstić information content (AvgIpc) is 2.16. The van der Waals surface area contributed by atoms with Gasteiger partial charge in [0.25, 0.3) is 0 Å². The lowest BCUT2D eigenvalue weighted by molar-refractivity contribution is -0.416. The molecule has 0 saturated carbocycles. The van der Waals surface area contributed by atoms with Crippen molar-refractivity contribution in [3.05, 3.63) is 0 Å². The van der Waals surface area contributed by atoms with E-state index in [0.717, 1.165) is 28.2 Å². The Morgan fingerprint density at radius 1 is 1.00 bits per heavy atom. The van der Waals surface area contributed by atoms with Crippen LogP contribution in [-0.2, 0) is 41.2 Å². The van der Waals surface area contributed by atoms with Gasteiger partial charge in [0, 0.05) is 59.1 Å². The molecule has 0 amide bonds. The van der Waals surface area contributed by atoms with Crippen LogP contribution in [0.3, 0.4) is 0 Å². The monoisotopic (exact) mass is 316 g/mol. The maximum atomic E-state index is 9.31. The predicted octanol–water partition coefficient (Wildman–Crippen LogP) is -0.977. The highest BCUT2D eigenvalue weighted by Crippen LogP contribution is 1.95. The van der Waals surface area contributed by atoms with Gasteiger partial charge in [-0.2, -0.15) is 4.13 Å². The van der Waals surface area contributed by atoms with E-state index in [1.807, 2.05) is 5.64 Å². The normalized spacial score (nSPS) is 13.8. The molecule has 10 nitrogen and oxygen atoms in total. The second-order valence-corrected chi connectivity index (χ2v) is 3.82. The zero-order valence-corrected chi connectivity index (χ0v) is 11.2. The number of hydrogen-bond donors (Lipinski definition) is 2. The van der Waals surface area contributed by atoms with E-state index in [2.05, 4.69) is 18.6 Å². The standard InChI is InChI=1S/C2H7NO4S2.H3NO4S2/c1-8-6-4-3-5-7-9-2;2-6(3)1-7(4)5/h3H,1-2H3;1H,(H,2,3)(H,4,5)/p-2. The Bertz CT molecular complexity index is 175. The Morgan fingerprint density at radius 3 is 1.56 bits per heavy atom. The van der Waals surface area contributed by atoms with Crippen LogP contribution in [0.1, 0.15) is 0 Å². The summed E-state index contributed by atoms with van der Waals surface area (Å²) in [6.45, 7) is 0. The highest BCUT2D eigenvalue weighted by molar-refractivity contribution is 7.94. The molecule has 0 heterocycles. The molecule has 0 fully saturated rings. The maximum Gasteiger partial charge on any atom is 0.0301 e. The van der Waals surface area contributed by atoms with E-state index >= 15 is 0 Å². The van der Waals surface area contributed by atoms with Gasteiger partial charge in [-0.15, -0.1) is 18.6 Å². The fourth-order valence-corrected chi connectivity index (χ4v) is 0.801. The van der Waals surface area contributed by atoms with E-state index in [1.54, 1.807) is 12.5 Å². The topological polar surface area (TPSA) is 141 Å². The van der Waals surface area contributed by atoms with Crippen LogP contribution in [0.4, 0.5) is 0 Å². The van der Waals surface area contributed by atoms with Crippen LogP contribution in [0.5, 0.6) is 0 Å². The minimum Gasteiger partial charge on any atom is -0.759 e. The number of rotatable bonds is 8. The predicted molar refractivity (Wildman–Crippen MR) is 55.5 cm³/mol. The summed E-state index contributed by atoms with van der Waals surface area (Å²) >= 11 is -3.35. The third-order valence-corrected chi connectivity index (χ3v) is 1.91. The fraction of sp³-hybridized carbons (Fsp3) is 1.00. The van der Waals surface area contributed by atoms with Crippen molar-refractivity contribution >= 4 is 46.6 Å². The van der Waals surface area contributed by atoms with Crippen LogP contribution in [0, 0.1) is 0 Å². The molecule has 0 aromatic heterocycles. The summed E-state index contributed by atoms with van der Waals surface area (Å²) in [5, 5.41) is 0. The van der Waals surface area contributed by atoms with Crippen molar-refractivity contribution < 1.29 is 36.2 Å². The molecule has 0 radical (unpaired) electrons. The van der Waals surface area contributed by atoms with Gasteiger partial charge in [-0.3, -0.25) is 8.42 Å². The molecule has 0 aromatic carbocycles. The first-order valence-electron chi connectivity index (χ1n) is 2.97. The number of hydrogen-bond acceptors (Lipinski definition) is 11. The van der Waals surface area contributed by atoms with Gasteiger partial charge in [0.2, 0.25) is 0 Å². The van der Waals surface area contributed by atoms with Gasteiger partial charge in [-0.05, 0) is 5.64 Å². The van der Waals surface area contributed by atoms with Crippen molar-refractivity contribution in [3.8, 4) is 0 Å². The van der Waals surface area contributed by atoms with Crippen molar-refractivity contribution in [2.24, 2.45) is 0 Å². The van der Waals surface area contributed by atoms with Crippen molar-refractivity contribution in [2.45, 2.75) is 0 Å². The van der Waals surface area contributed by atoms with Crippen molar-refractivity contribution in [1.29, 1.82) is 0 Å². The van der Waals surface area contributed by atoms with E-state index in [4.69, 9.17) is 0 Å². The molecule has 0 rings (SSSR count). The molecule has 16 heavy (non-hydrogen) atoms. The van der Waals surface area contributed by atoms with Gasteiger partial charge in [0.05, 0.1) is 0 Å². The molecular formula is C2H8N2O8S4-2. The van der Waals surface area contributed by atoms with Gasteiger partial charge in [0.1, 0.15) is 0 Å². The summed E-state index contributed by atoms with van der Waals surface area (Å²) in [7, 11) is 0. The second kappa shape index (κ2) is 15.7. The van der Waals surface area contributed by atoms with E-state index in [9.17, 15) is 17.5 Å². The average molecular weight is 316 g/mol. The molecule has 0 aliphatic rings. The molecule has 0 bridgehead atoms. The van der Waals surface area contributed by atoms with Crippen LogP contribution in [0.2, 0.25) is 0 Å². The minimum atomic E-state index is -2.71. The van der Waals surface area contributed by atoms with Crippen LogP contribution in [0.15, 0.2) is 0 Å². The van der Waals surface area contributed by atoms with Crippen LogP contribution in [-0.4, -0.2) is 30.0 Å². The molecular weight excluding hydrogens is 308 g/mol. The van der Waals surface area contributed by atoms with Crippen LogP contribution >= 0.6 is 24.1 Å². The largest absolute Gasteiger partial charge is 0.759 e. The van der Waals surface area contributed by atoms with Crippen molar-refractivity contribution in [1.82, 2.24) is 9.77 Å². The van der Waals surface area contributed by atoms with Crippen molar-refractivity contribution in [3.63, 3.8) is 0 Å². The molecule has 14 heteroatoms. The lowest BCUT2D eigenvalue weighted by Crippen LogP contribution is -2.18. The first-order chi connectivity index (χ1) is 7.54. The van der Waals surface area contributed by atoms with E-state index in [-0.39, 0.29) is 0 Å². The lowest BCUT2D eigenvalue weighted by atomic mass is 12.0. The third-order valence-electron chi connectivity index (χ3n) is 0.408. The van der Waals surface area contributed by atoms with Gasteiger partial charge in [0.15, 0.2) is 0 Å². The fourth-order valence-electron chi connectivity index (χ4n) is 0.165. The van der Waals surface area contributed by atoms with E-state index in [1.165, 1.54) is 0 Å². The summed E-state index contributed by atoms with van der Waals surface area (Å²) in [6.07, 6.45) is 3.38. The summed E-state index contributed by atoms with van der Waals surface area (Å²) in [6, 6.07) is 0. The second-order valence-electron chi connectivity index (χ2n) is 1.27. The molecule has 2 N–H and O–H groups in total. The first kappa shape index (κ1) is 19.0. The van der Waals surface area contributed by atoms with E-state index in [0.29, 0.717) is 0 Å². The minimum absolute atomic E-state index is 1.03. The zero-order chi connectivity index (χ0) is 12.8. The highest BCUT2D eigenvalue weighted by Gasteiger charge is 1.84. The Balaban J connectivity index is 0. The Kier molecular flexibility index (Phi) is 18.6. The molecule has 2 unspecified atom stereocenters. The first-order valence-corrected chi connectivity index (χ1v) is 7.42. The summed E-state index contributed by atoms with van der Waals surface area (Å²) in [4.78, 5) is 8.27. The Hall–Kier alpha value is 0.680. The molecule has 100 valence electrons. The highest BCUT2D eigenvalue weighted by atomic mass is 32.3. The van der Waals surface area contributed by atoms with Gasteiger partial charge in [-0.1, -0.05) is 0 Å². The molecule has 0 aliphatic heterocycles. The molecule has 2 atom stereocenters. The number of nitrogens with one attached hydrogen (secondary N) is 2. The van der Waals surface area contributed by atoms with E-state index < -0.39 is 22.5 Å². The smallest absolute Gasteiger partial charge is 0.0301 e. The van der Waals surface area contributed by atoms with Gasteiger partial charge in [-0.25, -0.2) is 0 Å². The maximum absolute atomic E-state index is 9.31. The lowest BCUT2D eigenvalue weighted by Gasteiger charge is -2.07. The summed E-state index contributed by atoms with van der Waals surface area (Å²) in [5.74, 6) is 0. The van der Waals surface area contributed by atoms with Crippen LogP contribution in [0.25, 0.3) is 0 Å². The zero-order valence-electron chi connectivity index (χ0n) is 7.90. The summed E-state index contributed by atoms with van der Waals surface area (Å²) in [5.41, 5.74) is 1.90. The third kappa shape index (κ3) is 24.1. The van der Waals surface area contributed by atoms with Crippen molar-refractivity contribution in [2.75, 3.05) is 12.5 Å². The van der Waals surface area contributed by atoms with Crippen LogP contribution < -0.4 is 9.77 Å². The molecule has 0 spiro atoms. The summed E-state index contributed by atoms with van der Waals surface area (Å²) < 4.78 is 46.9.